The molecule has 134 valence electrons. The van der Waals surface area contributed by atoms with E-state index < -0.39 is 15.9 Å². The van der Waals surface area contributed by atoms with Crippen LogP contribution in [0.15, 0.2) is 12.4 Å². The average Bonchev–Trinajstić information content (AvgIpc) is 3.28. The van der Waals surface area contributed by atoms with Crippen LogP contribution in [-0.2, 0) is 21.2 Å². The van der Waals surface area contributed by atoms with Gasteiger partial charge in [-0.3, -0.25) is 14.4 Å². The standard InChI is InChI=1S/C16H26N4O3S/c1-3-18(14-5-6-14)11-16(21)20-7-8-24(22,23)12-15(20)13-9-17-19(4-2)10-13/h9-10,14-15H,3-8,11-12H2,1-2H3. The second-order valence-electron chi connectivity index (χ2n) is 6.64. The van der Waals surface area contributed by atoms with Crippen LogP contribution in [0, 0.1) is 0 Å². The van der Waals surface area contributed by atoms with Gasteiger partial charge >= 0.3 is 0 Å². The molecular formula is C16H26N4O3S. The monoisotopic (exact) mass is 354 g/mol. The molecular weight excluding hydrogens is 328 g/mol. The molecule has 24 heavy (non-hydrogen) atoms. The van der Waals surface area contributed by atoms with E-state index >= 15 is 0 Å². The number of hydrogen-bond acceptors (Lipinski definition) is 5. The lowest BCUT2D eigenvalue weighted by Crippen LogP contribution is -2.49. The van der Waals surface area contributed by atoms with Crippen LogP contribution < -0.4 is 0 Å². The first-order chi connectivity index (χ1) is 11.4. The van der Waals surface area contributed by atoms with Gasteiger partial charge in [0.2, 0.25) is 5.91 Å². The minimum atomic E-state index is -3.13. The summed E-state index contributed by atoms with van der Waals surface area (Å²) in [5, 5.41) is 4.24. The molecule has 1 aromatic rings. The van der Waals surface area contributed by atoms with Gasteiger partial charge in [0.05, 0.1) is 30.3 Å². The summed E-state index contributed by atoms with van der Waals surface area (Å²) in [5.41, 5.74) is 0.808. The van der Waals surface area contributed by atoms with Crippen molar-refractivity contribution in [3.63, 3.8) is 0 Å². The fourth-order valence-electron chi connectivity index (χ4n) is 3.31. The summed E-state index contributed by atoms with van der Waals surface area (Å²) in [6.07, 6.45) is 5.85. The summed E-state index contributed by atoms with van der Waals surface area (Å²) in [6, 6.07) is 0.100. The molecule has 8 heteroatoms. The Morgan fingerprint density at radius 2 is 2.12 bits per heavy atom. The topological polar surface area (TPSA) is 75.5 Å². The minimum absolute atomic E-state index is 0.0102. The third-order valence-electron chi connectivity index (χ3n) is 4.92. The number of rotatable bonds is 6. The molecule has 2 fully saturated rings. The molecule has 3 rings (SSSR count). The van der Waals surface area contributed by atoms with Gasteiger partial charge in [-0.15, -0.1) is 0 Å². The summed E-state index contributed by atoms with van der Waals surface area (Å²) < 4.78 is 26.0. The maximum absolute atomic E-state index is 12.8. The molecule has 0 bridgehead atoms. The van der Waals surface area contributed by atoms with Crippen LogP contribution in [-0.4, -0.2) is 71.1 Å². The maximum atomic E-state index is 12.8. The molecule has 1 amide bonds. The first-order valence-electron chi connectivity index (χ1n) is 8.69. The Bertz CT molecular complexity index is 696. The molecule has 0 aromatic carbocycles. The number of nitrogens with zero attached hydrogens (tertiary/aromatic N) is 4. The lowest BCUT2D eigenvalue weighted by atomic mass is 10.1. The molecule has 1 aliphatic heterocycles. The van der Waals surface area contributed by atoms with E-state index in [-0.39, 0.29) is 24.0 Å². The predicted octanol–water partition coefficient (Wildman–Crippen LogP) is 0.685. The lowest BCUT2D eigenvalue weighted by molar-refractivity contribution is -0.134. The number of aromatic nitrogens is 2. The lowest BCUT2D eigenvalue weighted by Gasteiger charge is -2.36. The highest BCUT2D eigenvalue weighted by Gasteiger charge is 2.37. The molecule has 1 saturated heterocycles. The van der Waals surface area contributed by atoms with Gasteiger partial charge in [0.25, 0.3) is 0 Å². The van der Waals surface area contributed by atoms with E-state index in [0.29, 0.717) is 12.6 Å². The first kappa shape index (κ1) is 17.4. The molecule has 7 nitrogen and oxygen atoms in total. The predicted molar refractivity (Wildman–Crippen MR) is 91.3 cm³/mol. The van der Waals surface area contributed by atoms with Gasteiger partial charge in [0, 0.05) is 30.9 Å². The van der Waals surface area contributed by atoms with Crippen LogP contribution in [0.2, 0.25) is 0 Å². The molecule has 2 aliphatic rings. The smallest absolute Gasteiger partial charge is 0.237 e. The van der Waals surface area contributed by atoms with Crippen molar-refractivity contribution in [1.29, 1.82) is 0 Å². The Morgan fingerprint density at radius 1 is 1.38 bits per heavy atom. The average molecular weight is 354 g/mol. The second kappa shape index (κ2) is 6.84. The molecule has 1 aromatic heterocycles. The first-order valence-corrected chi connectivity index (χ1v) is 10.5. The Morgan fingerprint density at radius 3 is 2.71 bits per heavy atom. The van der Waals surface area contributed by atoms with Crippen molar-refractivity contribution in [1.82, 2.24) is 19.6 Å². The highest BCUT2D eigenvalue weighted by atomic mass is 32.2. The summed E-state index contributed by atoms with van der Waals surface area (Å²) in [6.45, 7) is 6.26. The van der Waals surface area contributed by atoms with Crippen LogP contribution in [0.5, 0.6) is 0 Å². The molecule has 2 heterocycles. The van der Waals surface area contributed by atoms with Crippen LogP contribution in [0.4, 0.5) is 0 Å². The largest absolute Gasteiger partial charge is 0.332 e. The zero-order valence-electron chi connectivity index (χ0n) is 14.4. The van der Waals surface area contributed by atoms with Crippen molar-refractivity contribution in [2.24, 2.45) is 0 Å². The van der Waals surface area contributed by atoms with Crippen LogP contribution in [0.3, 0.4) is 0 Å². The molecule has 0 radical (unpaired) electrons. The highest BCUT2D eigenvalue weighted by Crippen LogP contribution is 2.29. The van der Waals surface area contributed by atoms with Gasteiger partial charge in [-0.2, -0.15) is 5.10 Å². The molecule has 0 N–H and O–H groups in total. The maximum Gasteiger partial charge on any atom is 0.237 e. The van der Waals surface area contributed by atoms with Crippen LogP contribution in [0.25, 0.3) is 0 Å². The van der Waals surface area contributed by atoms with E-state index in [2.05, 4.69) is 16.9 Å². The van der Waals surface area contributed by atoms with Crippen molar-refractivity contribution in [2.45, 2.75) is 45.3 Å². The van der Waals surface area contributed by atoms with Crippen LogP contribution >= 0.6 is 0 Å². The van der Waals surface area contributed by atoms with Gasteiger partial charge < -0.3 is 4.90 Å². The van der Waals surface area contributed by atoms with E-state index in [1.807, 2.05) is 13.1 Å². The third kappa shape index (κ3) is 3.80. The van der Waals surface area contributed by atoms with Crippen molar-refractivity contribution < 1.29 is 13.2 Å². The van der Waals surface area contributed by atoms with Crippen molar-refractivity contribution in [3.05, 3.63) is 18.0 Å². The fraction of sp³-hybridized carbons (Fsp3) is 0.750. The number of sulfone groups is 1. The van der Waals surface area contributed by atoms with Crippen molar-refractivity contribution >= 4 is 15.7 Å². The van der Waals surface area contributed by atoms with E-state index in [9.17, 15) is 13.2 Å². The Kier molecular flexibility index (Phi) is 4.96. The number of hydrogen-bond donors (Lipinski definition) is 0. The van der Waals surface area contributed by atoms with Gasteiger partial charge in [-0.25, -0.2) is 8.42 Å². The molecule has 1 atom stereocenters. The van der Waals surface area contributed by atoms with Gasteiger partial charge in [-0.1, -0.05) is 6.92 Å². The zero-order chi connectivity index (χ0) is 17.3. The van der Waals surface area contributed by atoms with Gasteiger partial charge in [0.1, 0.15) is 0 Å². The van der Waals surface area contributed by atoms with E-state index in [0.717, 1.165) is 31.5 Å². The summed E-state index contributed by atoms with van der Waals surface area (Å²) in [5.74, 6) is 0.0593. The fourth-order valence-corrected chi connectivity index (χ4v) is 4.80. The van der Waals surface area contributed by atoms with E-state index in [1.165, 1.54) is 0 Å². The second-order valence-corrected chi connectivity index (χ2v) is 8.87. The molecule has 1 saturated carbocycles. The molecule has 1 aliphatic carbocycles. The quantitative estimate of drug-likeness (QED) is 0.751. The van der Waals surface area contributed by atoms with E-state index in [4.69, 9.17) is 0 Å². The Labute approximate surface area is 143 Å². The normalized spacial score (nSPS) is 23.6. The highest BCUT2D eigenvalue weighted by molar-refractivity contribution is 7.91. The number of carbonyl (C=O) groups is 1. The minimum Gasteiger partial charge on any atom is -0.332 e. The van der Waals surface area contributed by atoms with Gasteiger partial charge in [-0.05, 0) is 26.3 Å². The summed E-state index contributed by atoms with van der Waals surface area (Å²) >= 11 is 0. The SMILES string of the molecule is CCN(CC(=O)N1CCS(=O)(=O)CC1c1cnn(CC)c1)C1CC1. The van der Waals surface area contributed by atoms with Crippen molar-refractivity contribution in [2.75, 3.05) is 31.1 Å². The molecule has 0 spiro atoms. The van der Waals surface area contributed by atoms with Crippen molar-refractivity contribution in [3.8, 4) is 0 Å². The van der Waals surface area contributed by atoms with E-state index in [1.54, 1.807) is 15.8 Å². The van der Waals surface area contributed by atoms with Gasteiger partial charge in [0.15, 0.2) is 9.84 Å². The third-order valence-corrected chi connectivity index (χ3v) is 6.55. The number of carbonyl (C=O) groups excluding carboxylic acids is 1. The number of aryl methyl sites for hydroxylation is 1. The summed E-state index contributed by atoms with van der Waals surface area (Å²) in [4.78, 5) is 16.8. The number of likely N-dealkylation sites (N-methyl/N-ethyl adjacent to an activating group) is 1. The van der Waals surface area contributed by atoms with Crippen LogP contribution in [0.1, 0.15) is 38.3 Å². The molecule has 1 unspecified atom stereocenters. The Balaban J connectivity index is 1.79. The zero-order valence-corrected chi connectivity index (χ0v) is 15.2. The number of amides is 1. The summed E-state index contributed by atoms with van der Waals surface area (Å²) in [7, 11) is -3.13. The Hall–Kier alpha value is -1.41.